The molecule has 2 atom stereocenters. The molecule has 2 unspecified atom stereocenters. The molecule has 102 valence electrons. The number of carbonyl (C=O) groups is 1. The smallest absolute Gasteiger partial charge is 0.310 e. The Morgan fingerprint density at radius 3 is 2.80 bits per heavy atom. The molecule has 1 aliphatic carbocycles. The third kappa shape index (κ3) is 2.75. The summed E-state index contributed by atoms with van der Waals surface area (Å²) in [5.41, 5.74) is 0.276. The summed E-state index contributed by atoms with van der Waals surface area (Å²) in [6.07, 6.45) is 3.59. The quantitative estimate of drug-likeness (QED) is 0.491. The monoisotopic (exact) mass is 273 g/mol. The average Bonchev–Trinajstić information content (AvgIpc) is 2.87. The molecule has 20 heavy (non-hydrogen) atoms. The standard InChI is InChI=1S/C13H11N3O4/c14-7-8-1-4-11(12(5-8)16(19)20)15-10-3-2-9(6-10)13(17)18/h1-5,9-10,15H,6H2,(H,17,18). The first-order valence-electron chi connectivity index (χ1n) is 5.87. The number of rotatable bonds is 4. The van der Waals surface area contributed by atoms with E-state index in [0.717, 1.165) is 0 Å². The van der Waals surface area contributed by atoms with Gasteiger partial charge in [-0.15, -0.1) is 0 Å². The van der Waals surface area contributed by atoms with E-state index in [-0.39, 0.29) is 23.0 Å². The van der Waals surface area contributed by atoms with Gasteiger partial charge in [-0.25, -0.2) is 0 Å². The maximum atomic E-state index is 11.0. The fourth-order valence-electron chi connectivity index (χ4n) is 2.06. The molecule has 0 fully saturated rings. The Hall–Kier alpha value is -2.88. The third-order valence-corrected chi connectivity index (χ3v) is 3.07. The highest BCUT2D eigenvalue weighted by atomic mass is 16.6. The normalized spacial score (nSPS) is 20.4. The predicted octanol–water partition coefficient (Wildman–Crippen LogP) is 1.91. The fourth-order valence-corrected chi connectivity index (χ4v) is 2.06. The van der Waals surface area contributed by atoms with Crippen LogP contribution in [0, 0.1) is 27.4 Å². The number of nitro benzene ring substituents is 1. The SMILES string of the molecule is N#Cc1ccc(NC2C=CC(C(=O)O)C2)c([N+](=O)[O-])c1. The van der Waals surface area contributed by atoms with Gasteiger partial charge in [-0.05, 0) is 18.6 Å². The van der Waals surface area contributed by atoms with Crippen LogP contribution in [0.3, 0.4) is 0 Å². The second kappa shape index (κ2) is 5.40. The number of nitrogens with one attached hydrogen (secondary N) is 1. The fraction of sp³-hybridized carbons (Fsp3) is 0.231. The minimum atomic E-state index is -0.917. The van der Waals surface area contributed by atoms with Crippen molar-refractivity contribution in [2.45, 2.75) is 12.5 Å². The van der Waals surface area contributed by atoms with Gasteiger partial charge in [-0.2, -0.15) is 5.26 Å². The lowest BCUT2D eigenvalue weighted by atomic mass is 10.1. The summed E-state index contributed by atoms with van der Waals surface area (Å²) in [6, 6.07) is 5.69. The number of nitrogens with zero attached hydrogens (tertiary/aromatic N) is 2. The lowest BCUT2D eigenvalue weighted by molar-refractivity contribution is -0.384. The minimum Gasteiger partial charge on any atom is -0.481 e. The van der Waals surface area contributed by atoms with Gasteiger partial charge in [-0.1, -0.05) is 12.2 Å². The van der Waals surface area contributed by atoms with E-state index < -0.39 is 16.8 Å². The first kappa shape index (κ1) is 13.5. The van der Waals surface area contributed by atoms with E-state index in [1.807, 2.05) is 6.07 Å². The lowest BCUT2D eigenvalue weighted by Gasteiger charge is -2.13. The van der Waals surface area contributed by atoms with Gasteiger partial charge in [-0.3, -0.25) is 14.9 Å². The van der Waals surface area contributed by atoms with Crippen LogP contribution in [0.5, 0.6) is 0 Å². The van der Waals surface area contributed by atoms with E-state index in [1.165, 1.54) is 18.2 Å². The van der Waals surface area contributed by atoms with Gasteiger partial charge in [0.05, 0.1) is 22.5 Å². The summed E-state index contributed by atoms with van der Waals surface area (Å²) in [4.78, 5) is 21.2. The molecule has 1 aromatic rings. The van der Waals surface area contributed by atoms with Gasteiger partial charge < -0.3 is 10.4 Å². The summed E-state index contributed by atoms with van der Waals surface area (Å²) < 4.78 is 0. The van der Waals surface area contributed by atoms with Gasteiger partial charge in [0.25, 0.3) is 5.69 Å². The number of nitriles is 1. The Morgan fingerprint density at radius 1 is 1.50 bits per heavy atom. The molecule has 2 rings (SSSR count). The van der Waals surface area contributed by atoms with Crippen LogP contribution < -0.4 is 5.32 Å². The number of hydrogen-bond donors (Lipinski definition) is 2. The van der Waals surface area contributed by atoms with E-state index in [2.05, 4.69) is 5.32 Å². The van der Waals surface area contributed by atoms with Crippen LogP contribution >= 0.6 is 0 Å². The molecule has 0 aliphatic heterocycles. The third-order valence-electron chi connectivity index (χ3n) is 3.07. The molecular weight excluding hydrogens is 262 g/mol. The summed E-state index contributed by atoms with van der Waals surface area (Å²) in [5.74, 6) is -1.50. The van der Waals surface area contributed by atoms with E-state index >= 15 is 0 Å². The van der Waals surface area contributed by atoms with Crippen molar-refractivity contribution >= 4 is 17.3 Å². The van der Waals surface area contributed by atoms with Gasteiger partial charge >= 0.3 is 5.97 Å². The van der Waals surface area contributed by atoms with Crippen molar-refractivity contribution < 1.29 is 14.8 Å². The predicted molar refractivity (Wildman–Crippen MR) is 70.1 cm³/mol. The van der Waals surface area contributed by atoms with Gasteiger partial charge in [0.2, 0.25) is 0 Å². The molecule has 7 heteroatoms. The van der Waals surface area contributed by atoms with Gasteiger partial charge in [0.1, 0.15) is 5.69 Å². The number of aliphatic carboxylic acids is 1. The molecule has 0 radical (unpaired) electrons. The molecule has 0 bridgehead atoms. The number of hydrogen-bond acceptors (Lipinski definition) is 5. The van der Waals surface area contributed by atoms with E-state index in [9.17, 15) is 14.9 Å². The van der Waals surface area contributed by atoms with E-state index in [4.69, 9.17) is 10.4 Å². The highest BCUT2D eigenvalue weighted by Crippen LogP contribution is 2.29. The van der Waals surface area contributed by atoms with Gasteiger partial charge in [0, 0.05) is 12.1 Å². The second-order valence-corrected chi connectivity index (χ2v) is 4.42. The van der Waals surface area contributed by atoms with Crippen molar-refractivity contribution in [3.63, 3.8) is 0 Å². The Morgan fingerprint density at radius 2 is 2.25 bits per heavy atom. The number of anilines is 1. The molecule has 7 nitrogen and oxygen atoms in total. The molecule has 1 aromatic carbocycles. The average molecular weight is 273 g/mol. The molecule has 0 amide bonds. The molecule has 1 aliphatic rings. The topological polar surface area (TPSA) is 116 Å². The van der Waals surface area contributed by atoms with E-state index in [0.29, 0.717) is 6.42 Å². The van der Waals surface area contributed by atoms with Crippen LogP contribution in [-0.4, -0.2) is 22.0 Å². The van der Waals surface area contributed by atoms with Crippen molar-refractivity contribution in [1.82, 2.24) is 0 Å². The molecule has 0 spiro atoms. The Balaban J connectivity index is 2.19. The lowest BCUT2D eigenvalue weighted by Crippen LogP contribution is -2.19. The molecule has 0 saturated carbocycles. The minimum absolute atomic E-state index is 0.198. The van der Waals surface area contributed by atoms with Crippen molar-refractivity contribution in [1.29, 1.82) is 5.26 Å². The number of carboxylic acids is 1. The van der Waals surface area contributed by atoms with Crippen molar-refractivity contribution in [2.24, 2.45) is 5.92 Å². The zero-order chi connectivity index (χ0) is 14.7. The molecule has 0 saturated heterocycles. The maximum Gasteiger partial charge on any atom is 0.310 e. The highest BCUT2D eigenvalue weighted by Gasteiger charge is 2.26. The first-order valence-corrected chi connectivity index (χ1v) is 5.87. The molecular formula is C13H11N3O4. The zero-order valence-corrected chi connectivity index (χ0v) is 10.3. The summed E-state index contributed by atoms with van der Waals surface area (Å²) >= 11 is 0. The van der Waals surface area contributed by atoms with Crippen LogP contribution in [0.25, 0.3) is 0 Å². The van der Waals surface area contributed by atoms with Crippen LogP contribution in [0.1, 0.15) is 12.0 Å². The van der Waals surface area contributed by atoms with Gasteiger partial charge in [0.15, 0.2) is 0 Å². The number of carboxylic acid groups (broad SMARTS) is 1. The highest BCUT2D eigenvalue weighted by molar-refractivity contribution is 5.73. The summed E-state index contributed by atoms with van der Waals surface area (Å²) in [6.45, 7) is 0. The van der Waals surface area contributed by atoms with Crippen LogP contribution in [0.2, 0.25) is 0 Å². The first-order chi connectivity index (χ1) is 9.51. The summed E-state index contributed by atoms with van der Waals surface area (Å²) in [7, 11) is 0. The van der Waals surface area contributed by atoms with Crippen molar-refractivity contribution in [3.05, 3.63) is 46.0 Å². The number of benzene rings is 1. The van der Waals surface area contributed by atoms with Crippen LogP contribution in [0.4, 0.5) is 11.4 Å². The molecule has 0 heterocycles. The van der Waals surface area contributed by atoms with Crippen LogP contribution in [-0.2, 0) is 4.79 Å². The van der Waals surface area contributed by atoms with Crippen molar-refractivity contribution in [2.75, 3.05) is 5.32 Å². The molecule has 0 aromatic heterocycles. The number of nitro groups is 1. The molecule has 2 N–H and O–H groups in total. The Kier molecular flexibility index (Phi) is 3.66. The Labute approximate surface area is 114 Å². The van der Waals surface area contributed by atoms with Crippen molar-refractivity contribution in [3.8, 4) is 6.07 Å². The summed E-state index contributed by atoms with van der Waals surface area (Å²) in [5, 5.41) is 31.5. The second-order valence-electron chi connectivity index (χ2n) is 4.42. The van der Waals surface area contributed by atoms with Crippen LogP contribution in [0.15, 0.2) is 30.4 Å². The maximum absolute atomic E-state index is 11.0. The Bertz CT molecular complexity index is 633. The van der Waals surface area contributed by atoms with E-state index in [1.54, 1.807) is 12.2 Å². The zero-order valence-electron chi connectivity index (χ0n) is 10.3. The largest absolute Gasteiger partial charge is 0.481 e.